The molecule has 0 spiro atoms. The number of nitrogens with zero attached hydrogens (tertiary/aromatic N) is 2. The van der Waals surface area contributed by atoms with E-state index in [0.29, 0.717) is 36.9 Å². The normalized spacial score (nSPS) is 14.7. The van der Waals surface area contributed by atoms with Gasteiger partial charge in [0.05, 0.1) is 0 Å². The van der Waals surface area contributed by atoms with Crippen LogP contribution < -0.4 is 15.0 Å². The third kappa shape index (κ3) is 5.69. The van der Waals surface area contributed by atoms with Crippen LogP contribution in [-0.2, 0) is 0 Å². The number of carbonyl (C=O) groups excluding carboxylic acids is 1. The van der Waals surface area contributed by atoms with Crippen molar-refractivity contribution in [1.82, 2.24) is 4.90 Å². The van der Waals surface area contributed by atoms with E-state index in [-0.39, 0.29) is 11.8 Å². The van der Waals surface area contributed by atoms with Crippen LogP contribution in [0.15, 0.2) is 48.5 Å². The highest BCUT2D eigenvalue weighted by Gasteiger charge is 2.28. The molecule has 1 saturated heterocycles. The molecule has 0 bridgehead atoms. The van der Waals surface area contributed by atoms with Gasteiger partial charge in [-0.3, -0.25) is 0 Å². The van der Waals surface area contributed by atoms with E-state index >= 15 is 0 Å². The summed E-state index contributed by atoms with van der Waals surface area (Å²) in [6.45, 7) is 0.964. The first-order chi connectivity index (χ1) is 13.3. The van der Waals surface area contributed by atoms with E-state index in [2.05, 4.69) is 10.2 Å². The third-order valence-corrected chi connectivity index (χ3v) is 4.46. The zero-order valence-corrected chi connectivity index (χ0v) is 15.6. The van der Waals surface area contributed by atoms with Crippen LogP contribution in [0.3, 0.4) is 0 Å². The largest absolute Gasteiger partial charge is 0.484 e. The maximum Gasteiger partial charge on any atom is 0.422 e. The zero-order chi connectivity index (χ0) is 20.1. The van der Waals surface area contributed by atoms with Crippen molar-refractivity contribution in [2.45, 2.75) is 6.18 Å². The number of rotatable bonds is 4. The Hall–Kier alpha value is -2.61. The summed E-state index contributed by atoms with van der Waals surface area (Å²) in [5.41, 5.74) is 1.38. The second kappa shape index (κ2) is 8.60. The molecule has 3 rings (SSSR count). The topological polar surface area (TPSA) is 44.8 Å². The molecule has 28 heavy (non-hydrogen) atoms. The van der Waals surface area contributed by atoms with Gasteiger partial charge in [0.25, 0.3) is 0 Å². The lowest BCUT2D eigenvalue weighted by atomic mass is 10.2. The molecule has 150 valence electrons. The van der Waals surface area contributed by atoms with Gasteiger partial charge >= 0.3 is 12.2 Å². The molecule has 0 aliphatic carbocycles. The van der Waals surface area contributed by atoms with E-state index in [1.165, 1.54) is 18.2 Å². The number of anilines is 2. The first-order valence-corrected chi connectivity index (χ1v) is 9.04. The van der Waals surface area contributed by atoms with E-state index < -0.39 is 12.8 Å². The van der Waals surface area contributed by atoms with E-state index in [4.69, 9.17) is 16.3 Å². The Morgan fingerprint density at radius 1 is 1.07 bits per heavy atom. The van der Waals surface area contributed by atoms with Gasteiger partial charge in [-0.2, -0.15) is 13.2 Å². The molecule has 1 N–H and O–H groups in total. The number of nitrogens with one attached hydrogen (secondary N) is 1. The van der Waals surface area contributed by atoms with E-state index in [9.17, 15) is 18.0 Å². The number of hydrogen-bond acceptors (Lipinski definition) is 3. The minimum atomic E-state index is -4.41. The van der Waals surface area contributed by atoms with E-state index in [1.807, 2.05) is 18.2 Å². The lowest BCUT2D eigenvalue weighted by molar-refractivity contribution is -0.153. The first kappa shape index (κ1) is 20.1. The van der Waals surface area contributed by atoms with Crippen molar-refractivity contribution in [2.24, 2.45) is 0 Å². The summed E-state index contributed by atoms with van der Waals surface area (Å²) in [5.74, 6) is 0.0425. The maximum atomic E-state index is 12.4. The van der Waals surface area contributed by atoms with Crippen LogP contribution in [0.2, 0.25) is 5.02 Å². The van der Waals surface area contributed by atoms with Crippen LogP contribution in [0, 0.1) is 0 Å². The van der Waals surface area contributed by atoms with Gasteiger partial charge in [0.15, 0.2) is 6.61 Å². The van der Waals surface area contributed by atoms with Crippen LogP contribution in [0.5, 0.6) is 5.75 Å². The number of alkyl halides is 3. The average molecular weight is 414 g/mol. The molecule has 2 amide bonds. The predicted molar refractivity (Wildman–Crippen MR) is 102 cm³/mol. The quantitative estimate of drug-likeness (QED) is 0.794. The van der Waals surface area contributed by atoms with Crippen LogP contribution in [-0.4, -0.2) is 49.9 Å². The minimum absolute atomic E-state index is 0.0425. The number of halogens is 4. The Balaban J connectivity index is 1.53. The average Bonchev–Trinajstić information content (AvgIpc) is 2.66. The molecule has 0 unspecified atom stereocenters. The summed E-state index contributed by atoms with van der Waals surface area (Å²) in [6.07, 6.45) is -4.41. The Kier molecular flexibility index (Phi) is 6.18. The second-order valence-corrected chi connectivity index (χ2v) is 6.75. The molecule has 1 aliphatic rings. The summed E-state index contributed by atoms with van der Waals surface area (Å²) in [6, 6.07) is 13.1. The number of urea groups is 1. The fraction of sp³-hybridized carbons (Fsp3) is 0.316. The molecule has 0 atom stereocenters. The van der Waals surface area contributed by atoms with Crippen molar-refractivity contribution in [3.8, 4) is 5.75 Å². The Bertz CT molecular complexity index is 824. The van der Waals surface area contributed by atoms with Gasteiger partial charge in [-0.15, -0.1) is 0 Å². The van der Waals surface area contributed by atoms with Gasteiger partial charge in [0.1, 0.15) is 5.75 Å². The molecule has 1 fully saturated rings. The van der Waals surface area contributed by atoms with Gasteiger partial charge in [0, 0.05) is 48.6 Å². The van der Waals surface area contributed by atoms with Crippen molar-refractivity contribution in [3.05, 3.63) is 53.6 Å². The van der Waals surface area contributed by atoms with Crippen LogP contribution >= 0.6 is 11.6 Å². The van der Waals surface area contributed by atoms with Crippen LogP contribution in [0.4, 0.5) is 29.3 Å². The molecule has 0 saturated carbocycles. The predicted octanol–water partition coefficient (Wildman–Crippen LogP) is 4.64. The second-order valence-electron chi connectivity index (χ2n) is 6.32. The maximum absolute atomic E-state index is 12.4. The van der Waals surface area contributed by atoms with E-state index in [0.717, 1.165) is 5.69 Å². The molecule has 2 aromatic rings. The number of hydrogen-bond donors (Lipinski definition) is 1. The smallest absolute Gasteiger partial charge is 0.422 e. The Morgan fingerprint density at radius 2 is 1.79 bits per heavy atom. The summed E-state index contributed by atoms with van der Waals surface area (Å²) in [5, 5.41) is 3.36. The minimum Gasteiger partial charge on any atom is -0.484 e. The van der Waals surface area contributed by atoms with Crippen molar-refractivity contribution >= 4 is 29.0 Å². The van der Waals surface area contributed by atoms with Crippen LogP contribution in [0.1, 0.15) is 0 Å². The van der Waals surface area contributed by atoms with Crippen molar-refractivity contribution in [2.75, 3.05) is 43.0 Å². The van der Waals surface area contributed by atoms with Gasteiger partial charge < -0.3 is 19.9 Å². The summed E-state index contributed by atoms with van der Waals surface area (Å²) < 4.78 is 41.5. The number of carbonyl (C=O) groups is 1. The zero-order valence-electron chi connectivity index (χ0n) is 14.9. The van der Waals surface area contributed by atoms with Gasteiger partial charge in [-0.05, 0) is 30.3 Å². The lowest BCUT2D eigenvalue weighted by Gasteiger charge is -2.36. The number of amides is 2. The molecule has 5 nitrogen and oxygen atoms in total. The van der Waals surface area contributed by atoms with E-state index in [1.54, 1.807) is 17.0 Å². The van der Waals surface area contributed by atoms with Crippen molar-refractivity contribution < 1.29 is 22.7 Å². The summed E-state index contributed by atoms with van der Waals surface area (Å²) >= 11 is 6.02. The molecule has 2 aromatic carbocycles. The highest BCUT2D eigenvalue weighted by molar-refractivity contribution is 6.30. The van der Waals surface area contributed by atoms with Gasteiger partial charge in [0.2, 0.25) is 0 Å². The van der Waals surface area contributed by atoms with Crippen molar-refractivity contribution in [3.63, 3.8) is 0 Å². The lowest BCUT2D eigenvalue weighted by Crippen LogP contribution is -2.50. The Morgan fingerprint density at radius 3 is 2.46 bits per heavy atom. The molecular weight excluding hydrogens is 395 g/mol. The summed E-state index contributed by atoms with van der Waals surface area (Å²) in [4.78, 5) is 16.2. The molecule has 0 radical (unpaired) electrons. The molecule has 1 heterocycles. The highest BCUT2D eigenvalue weighted by atomic mass is 35.5. The standard InChI is InChI=1S/C19H19ClF3N3O2/c20-14-3-1-5-16(11-14)25-7-9-26(10-8-25)18(27)24-15-4-2-6-17(12-15)28-13-19(21,22)23/h1-6,11-12H,7-10,13H2,(H,24,27). The molecule has 1 aliphatic heterocycles. The number of piperazine rings is 1. The highest BCUT2D eigenvalue weighted by Crippen LogP contribution is 2.23. The Labute approximate surface area is 165 Å². The van der Waals surface area contributed by atoms with Crippen LogP contribution in [0.25, 0.3) is 0 Å². The monoisotopic (exact) mass is 413 g/mol. The SMILES string of the molecule is O=C(Nc1cccc(OCC(F)(F)F)c1)N1CCN(c2cccc(Cl)c2)CC1. The number of benzene rings is 2. The fourth-order valence-electron chi connectivity index (χ4n) is 2.87. The molecular formula is C19H19ClF3N3O2. The van der Waals surface area contributed by atoms with Gasteiger partial charge in [-0.25, -0.2) is 4.79 Å². The number of ether oxygens (including phenoxy) is 1. The fourth-order valence-corrected chi connectivity index (χ4v) is 3.06. The van der Waals surface area contributed by atoms with Gasteiger partial charge in [-0.1, -0.05) is 23.7 Å². The van der Waals surface area contributed by atoms with Crippen molar-refractivity contribution in [1.29, 1.82) is 0 Å². The first-order valence-electron chi connectivity index (χ1n) is 8.66. The molecule has 9 heteroatoms. The molecule has 0 aromatic heterocycles. The third-order valence-electron chi connectivity index (χ3n) is 4.23. The summed E-state index contributed by atoms with van der Waals surface area (Å²) in [7, 11) is 0.